The summed E-state index contributed by atoms with van der Waals surface area (Å²) in [5, 5.41) is 5.08. The number of primary amides is 1. The van der Waals surface area contributed by atoms with Crippen LogP contribution in [0.15, 0.2) is 47.4 Å². The molecule has 6 N–H and O–H groups in total. The van der Waals surface area contributed by atoms with Crippen LogP contribution in [0.5, 0.6) is 0 Å². The third kappa shape index (κ3) is 3.47. The molecule has 0 aliphatic heterocycles. The second-order valence-electron chi connectivity index (χ2n) is 5.63. The zero-order chi connectivity index (χ0) is 18.2. The Labute approximate surface area is 144 Å². The zero-order valence-electron chi connectivity index (χ0n) is 13.2. The number of carbonyl (C=O) groups is 1. The van der Waals surface area contributed by atoms with Gasteiger partial charge in [0.2, 0.25) is 21.9 Å². The molecular formula is C16H17N5O3S. The van der Waals surface area contributed by atoms with Crippen molar-refractivity contribution in [2.75, 3.05) is 5.73 Å². The highest BCUT2D eigenvalue weighted by Crippen LogP contribution is 2.20. The van der Waals surface area contributed by atoms with Crippen molar-refractivity contribution in [3.63, 3.8) is 0 Å². The van der Waals surface area contributed by atoms with Crippen molar-refractivity contribution in [1.82, 2.24) is 9.55 Å². The third-order valence-electron chi connectivity index (χ3n) is 3.94. The number of aryl methyl sites for hydroxylation is 2. The number of aromatic nitrogens is 2. The van der Waals surface area contributed by atoms with Crippen LogP contribution in [0.1, 0.15) is 15.9 Å². The fraction of sp³-hybridized carbons (Fsp3) is 0.125. The van der Waals surface area contributed by atoms with Crippen molar-refractivity contribution in [1.29, 1.82) is 0 Å². The van der Waals surface area contributed by atoms with Crippen LogP contribution < -0.4 is 16.6 Å². The molecule has 0 aliphatic carbocycles. The number of nitrogens with two attached hydrogens (primary N) is 3. The van der Waals surface area contributed by atoms with Gasteiger partial charge < -0.3 is 16.0 Å². The number of anilines is 1. The van der Waals surface area contributed by atoms with Crippen molar-refractivity contribution < 1.29 is 13.2 Å². The molecule has 0 spiro atoms. The van der Waals surface area contributed by atoms with Gasteiger partial charge in [0.1, 0.15) is 0 Å². The summed E-state index contributed by atoms with van der Waals surface area (Å²) in [5.74, 6) is -0.192. The van der Waals surface area contributed by atoms with Gasteiger partial charge in [-0.1, -0.05) is 12.1 Å². The highest BCUT2D eigenvalue weighted by Gasteiger charge is 2.11. The van der Waals surface area contributed by atoms with E-state index in [0.29, 0.717) is 30.0 Å². The molecule has 3 rings (SSSR count). The van der Waals surface area contributed by atoms with Crippen molar-refractivity contribution in [2.45, 2.75) is 17.9 Å². The van der Waals surface area contributed by atoms with E-state index >= 15 is 0 Å². The molecule has 0 aliphatic rings. The van der Waals surface area contributed by atoms with Crippen LogP contribution in [0.3, 0.4) is 0 Å². The van der Waals surface area contributed by atoms with E-state index in [1.165, 1.54) is 12.1 Å². The number of hydrogen-bond acceptors (Lipinski definition) is 5. The number of carbonyl (C=O) groups excluding carboxylic acids is 1. The first-order valence-corrected chi connectivity index (χ1v) is 8.97. The molecule has 9 heteroatoms. The van der Waals surface area contributed by atoms with Crippen LogP contribution in [-0.4, -0.2) is 23.9 Å². The summed E-state index contributed by atoms with van der Waals surface area (Å²) in [6.07, 6.45) is 0.623. The van der Waals surface area contributed by atoms with Gasteiger partial charge in [0.15, 0.2) is 0 Å². The number of hydrogen-bond donors (Lipinski definition) is 3. The van der Waals surface area contributed by atoms with Crippen LogP contribution in [0, 0.1) is 0 Å². The lowest BCUT2D eigenvalue weighted by molar-refractivity contribution is 0.100. The van der Waals surface area contributed by atoms with E-state index in [4.69, 9.17) is 16.6 Å². The Morgan fingerprint density at radius 2 is 1.80 bits per heavy atom. The summed E-state index contributed by atoms with van der Waals surface area (Å²) in [4.78, 5) is 15.6. The van der Waals surface area contributed by atoms with E-state index in [1.54, 1.807) is 30.3 Å². The molecule has 130 valence electrons. The number of sulfonamides is 1. The molecule has 3 aromatic rings. The summed E-state index contributed by atoms with van der Waals surface area (Å²) >= 11 is 0. The average Bonchev–Trinajstić information content (AvgIpc) is 2.86. The number of rotatable bonds is 5. The Hall–Kier alpha value is -2.91. The van der Waals surface area contributed by atoms with Gasteiger partial charge in [0.05, 0.1) is 15.9 Å². The van der Waals surface area contributed by atoms with Gasteiger partial charge in [0, 0.05) is 12.1 Å². The lowest BCUT2D eigenvalue weighted by Crippen LogP contribution is -2.12. The van der Waals surface area contributed by atoms with Gasteiger partial charge in [-0.25, -0.2) is 18.5 Å². The van der Waals surface area contributed by atoms with Gasteiger partial charge in [-0.2, -0.15) is 0 Å². The minimum atomic E-state index is -3.70. The molecule has 0 unspecified atom stereocenters. The summed E-state index contributed by atoms with van der Waals surface area (Å²) < 4.78 is 24.4. The molecule has 0 radical (unpaired) electrons. The van der Waals surface area contributed by atoms with Gasteiger partial charge in [-0.05, 0) is 42.3 Å². The first-order valence-electron chi connectivity index (χ1n) is 7.43. The maximum absolute atomic E-state index is 11.3. The molecule has 0 saturated heterocycles. The number of primary sulfonamides is 1. The summed E-state index contributed by atoms with van der Waals surface area (Å²) in [6.45, 7) is 0.549. The molecule has 1 aromatic heterocycles. The number of amides is 1. The second kappa shape index (κ2) is 6.19. The SMILES string of the molecule is NC(=O)c1ccc2c(c1)nc(N)n2CCc1ccc(S(N)(=O)=O)cc1. The Kier molecular flexibility index (Phi) is 4.19. The number of nitrogens with zero attached hydrogens (tertiary/aromatic N) is 2. The quantitative estimate of drug-likeness (QED) is 0.610. The smallest absolute Gasteiger partial charge is 0.248 e. The molecule has 0 saturated carbocycles. The molecule has 25 heavy (non-hydrogen) atoms. The van der Waals surface area contributed by atoms with Gasteiger partial charge >= 0.3 is 0 Å². The molecule has 0 atom stereocenters. The number of imidazole rings is 1. The van der Waals surface area contributed by atoms with E-state index in [-0.39, 0.29) is 4.90 Å². The summed E-state index contributed by atoms with van der Waals surface area (Å²) in [6, 6.07) is 11.3. The monoisotopic (exact) mass is 359 g/mol. The van der Waals surface area contributed by atoms with Gasteiger partial charge in [-0.15, -0.1) is 0 Å². The van der Waals surface area contributed by atoms with Crippen molar-refractivity contribution >= 4 is 32.9 Å². The minimum Gasteiger partial charge on any atom is -0.369 e. The third-order valence-corrected chi connectivity index (χ3v) is 4.87. The fourth-order valence-electron chi connectivity index (χ4n) is 2.62. The molecule has 1 heterocycles. The lowest BCUT2D eigenvalue weighted by Gasteiger charge is -2.07. The maximum atomic E-state index is 11.3. The summed E-state index contributed by atoms with van der Waals surface area (Å²) in [5.41, 5.74) is 13.9. The molecule has 2 aromatic carbocycles. The molecule has 0 fully saturated rings. The largest absolute Gasteiger partial charge is 0.369 e. The molecule has 8 nitrogen and oxygen atoms in total. The Morgan fingerprint density at radius 3 is 2.40 bits per heavy atom. The van der Waals surface area contributed by atoms with Crippen LogP contribution in [0.2, 0.25) is 0 Å². The van der Waals surface area contributed by atoms with Crippen LogP contribution >= 0.6 is 0 Å². The van der Waals surface area contributed by atoms with E-state index in [0.717, 1.165) is 11.1 Å². The number of benzene rings is 2. The standard InChI is InChI=1S/C16H17N5O3S/c17-15(22)11-3-6-14-13(9-11)20-16(18)21(14)8-7-10-1-4-12(5-2-10)25(19,23)24/h1-6,9H,7-8H2,(H2,17,22)(H2,18,20)(H2,19,23,24). The lowest BCUT2D eigenvalue weighted by atomic mass is 10.1. The first kappa shape index (κ1) is 16.9. The van der Waals surface area contributed by atoms with Crippen LogP contribution in [-0.2, 0) is 23.0 Å². The van der Waals surface area contributed by atoms with E-state index in [9.17, 15) is 13.2 Å². The zero-order valence-corrected chi connectivity index (χ0v) is 14.0. The predicted molar refractivity (Wildman–Crippen MR) is 94.2 cm³/mol. The van der Waals surface area contributed by atoms with E-state index in [1.807, 2.05) is 4.57 Å². The van der Waals surface area contributed by atoms with Crippen molar-refractivity contribution in [3.8, 4) is 0 Å². The second-order valence-corrected chi connectivity index (χ2v) is 7.19. The number of fused-ring (bicyclic) bond motifs is 1. The normalized spacial score (nSPS) is 11.7. The highest BCUT2D eigenvalue weighted by molar-refractivity contribution is 7.89. The van der Waals surface area contributed by atoms with E-state index < -0.39 is 15.9 Å². The van der Waals surface area contributed by atoms with Crippen LogP contribution in [0.4, 0.5) is 5.95 Å². The predicted octanol–water partition coefficient (Wildman–Crippen LogP) is 0.608. The summed E-state index contributed by atoms with van der Waals surface area (Å²) in [7, 11) is -3.70. The Balaban J connectivity index is 1.83. The van der Waals surface area contributed by atoms with Gasteiger partial charge in [-0.3, -0.25) is 4.79 Å². The van der Waals surface area contributed by atoms with Crippen molar-refractivity contribution in [3.05, 3.63) is 53.6 Å². The molecular weight excluding hydrogens is 342 g/mol. The maximum Gasteiger partial charge on any atom is 0.248 e. The highest BCUT2D eigenvalue weighted by atomic mass is 32.2. The molecule has 1 amide bonds. The Bertz CT molecular complexity index is 1060. The first-order chi connectivity index (χ1) is 11.8. The minimum absolute atomic E-state index is 0.0721. The fourth-order valence-corrected chi connectivity index (χ4v) is 3.14. The van der Waals surface area contributed by atoms with Gasteiger partial charge in [0.25, 0.3) is 0 Å². The topological polar surface area (TPSA) is 147 Å². The average molecular weight is 359 g/mol. The van der Waals surface area contributed by atoms with E-state index in [2.05, 4.69) is 4.98 Å². The van der Waals surface area contributed by atoms with Crippen molar-refractivity contribution in [2.24, 2.45) is 10.9 Å². The molecule has 0 bridgehead atoms. The Morgan fingerprint density at radius 1 is 1.12 bits per heavy atom. The van der Waals surface area contributed by atoms with Crippen LogP contribution in [0.25, 0.3) is 11.0 Å². The number of nitrogen functional groups attached to an aromatic ring is 1.